The SMILES string of the molecule is O=C1N2CCCCN2C(=O)C1(CC(OO)(c1ccccc1)c1ccccc1)CC(OO)(c1ccccc1)c1ccccc1. The fourth-order valence-corrected chi connectivity index (χ4v) is 6.83. The molecule has 2 aliphatic rings. The predicted octanol–water partition coefficient (Wildman–Crippen LogP) is 6.00. The molecular weight excluding hydrogens is 544 g/mol. The minimum atomic E-state index is -1.81. The van der Waals surface area contributed by atoms with Crippen LogP contribution in [0, 0.1) is 5.41 Å². The Labute approximate surface area is 250 Å². The van der Waals surface area contributed by atoms with Gasteiger partial charge in [0.05, 0.1) is 0 Å². The Morgan fingerprint density at radius 3 is 1.07 bits per heavy atom. The lowest BCUT2D eigenvalue weighted by Gasteiger charge is -2.42. The monoisotopic (exact) mass is 578 g/mol. The summed E-state index contributed by atoms with van der Waals surface area (Å²) in [5.41, 5.74) is -2.77. The number of hydrogen-bond donors (Lipinski definition) is 2. The van der Waals surface area contributed by atoms with E-state index in [0.29, 0.717) is 35.3 Å². The normalized spacial score (nSPS) is 16.8. The third-order valence-electron chi connectivity index (χ3n) is 8.94. The lowest BCUT2D eigenvalue weighted by Crippen LogP contribution is -2.50. The van der Waals surface area contributed by atoms with Crippen LogP contribution in [-0.2, 0) is 30.6 Å². The molecule has 0 bridgehead atoms. The fraction of sp³-hybridized carbons (Fsp3) is 0.257. The fourth-order valence-electron chi connectivity index (χ4n) is 6.83. The van der Waals surface area contributed by atoms with Crippen molar-refractivity contribution in [3.63, 3.8) is 0 Å². The molecule has 0 atom stereocenters. The van der Waals surface area contributed by atoms with Gasteiger partial charge in [0.2, 0.25) is 0 Å². The maximum Gasteiger partial charge on any atom is 0.257 e. The lowest BCUT2D eigenvalue weighted by atomic mass is 9.64. The van der Waals surface area contributed by atoms with Gasteiger partial charge in [-0.3, -0.25) is 30.1 Å². The van der Waals surface area contributed by atoms with E-state index >= 15 is 0 Å². The Balaban J connectivity index is 1.61. The van der Waals surface area contributed by atoms with Crippen LogP contribution in [0.1, 0.15) is 47.9 Å². The van der Waals surface area contributed by atoms with Gasteiger partial charge in [-0.15, -0.1) is 0 Å². The highest BCUT2D eigenvalue weighted by molar-refractivity contribution is 6.10. The van der Waals surface area contributed by atoms with Gasteiger partial charge in [0.1, 0.15) is 5.41 Å². The molecule has 0 unspecified atom stereocenters. The summed E-state index contributed by atoms with van der Waals surface area (Å²) in [4.78, 5) is 40.5. The predicted molar refractivity (Wildman–Crippen MR) is 159 cm³/mol. The molecule has 4 aromatic rings. The first-order valence-corrected chi connectivity index (χ1v) is 14.5. The number of hydrazine groups is 1. The Hall–Kier alpha value is -4.34. The molecule has 0 aliphatic carbocycles. The Morgan fingerprint density at radius 1 is 0.535 bits per heavy atom. The van der Waals surface area contributed by atoms with Gasteiger partial charge in [-0.05, 0) is 35.1 Å². The van der Waals surface area contributed by atoms with E-state index in [1.807, 2.05) is 72.8 Å². The molecule has 4 aromatic carbocycles. The minimum absolute atomic E-state index is 0.250. The van der Waals surface area contributed by atoms with Crippen LogP contribution in [0.2, 0.25) is 0 Å². The third-order valence-corrected chi connectivity index (χ3v) is 8.94. The quantitative estimate of drug-likeness (QED) is 0.136. The first-order valence-electron chi connectivity index (χ1n) is 14.5. The lowest BCUT2D eigenvalue weighted by molar-refractivity contribution is -0.332. The first kappa shape index (κ1) is 28.8. The van der Waals surface area contributed by atoms with Crippen LogP contribution in [0.25, 0.3) is 0 Å². The summed E-state index contributed by atoms with van der Waals surface area (Å²) < 4.78 is 0. The molecule has 0 spiro atoms. The van der Waals surface area contributed by atoms with Crippen LogP contribution in [-0.4, -0.2) is 45.4 Å². The summed E-state index contributed by atoms with van der Waals surface area (Å²) in [6, 6.07) is 36.4. The number of benzene rings is 4. The highest BCUT2D eigenvalue weighted by Gasteiger charge is 2.65. The van der Waals surface area contributed by atoms with E-state index in [1.54, 1.807) is 48.5 Å². The van der Waals surface area contributed by atoms with Crippen molar-refractivity contribution in [2.75, 3.05) is 13.1 Å². The Bertz CT molecular complexity index is 1350. The van der Waals surface area contributed by atoms with Crippen molar-refractivity contribution in [3.05, 3.63) is 144 Å². The van der Waals surface area contributed by atoms with Crippen molar-refractivity contribution < 1.29 is 29.9 Å². The van der Waals surface area contributed by atoms with Crippen molar-refractivity contribution in [3.8, 4) is 0 Å². The van der Waals surface area contributed by atoms with E-state index in [1.165, 1.54) is 10.0 Å². The number of hydrogen-bond acceptors (Lipinski definition) is 6. The van der Waals surface area contributed by atoms with Crippen LogP contribution in [0.15, 0.2) is 121 Å². The Morgan fingerprint density at radius 2 is 0.814 bits per heavy atom. The minimum Gasteiger partial charge on any atom is -0.272 e. The number of carbonyl (C=O) groups is 2. The molecular formula is C35H34N2O6. The zero-order valence-electron chi connectivity index (χ0n) is 23.7. The molecule has 8 heteroatoms. The second-order valence-corrected chi connectivity index (χ2v) is 11.3. The second-order valence-electron chi connectivity index (χ2n) is 11.3. The number of amides is 2. The van der Waals surface area contributed by atoms with Gasteiger partial charge < -0.3 is 0 Å². The smallest absolute Gasteiger partial charge is 0.257 e. The maximum atomic E-state index is 14.8. The van der Waals surface area contributed by atoms with Crippen LogP contribution < -0.4 is 0 Å². The summed E-state index contributed by atoms with van der Waals surface area (Å²) in [5.74, 6) is -0.836. The number of rotatable bonds is 10. The highest BCUT2D eigenvalue weighted by atomic mass is 17.1. The van der Waals surface area contributed by atoms with Gasteiger partial charge >= 0.3 is 0 Å². The number of carbonyl (C=O) groups excluding carboxylic acids is 2. The van der Waals surface area contributed by atoms with Gasteiger partial charge in [0, 0.05) is 25.9 Å². The van der Waals surface area contributed by atoms with Gasteiger partial charge in [0.25, 0.3) is 11.8 Å². The molecule has 2 N–H and O–H groups in total. The standard InChI is InChI=1S/C35H34N2O6/c38-31-33(32(39)37-24-14-13-23-36(31)37,25-34(42-40,27-15-5-1-6-16-27)28-17-7-2-8-18-28)26-35(43-41,29-19-9-3-10-20-29)30-21-11-4-12-22-30/h1-12,15-22,40-41H,13-14,23-26H2. The van der Waals surface area contributed by atoms with Crippen molar-refractivity contribution >= 4 is 11.8 Å². The molecule has 2 aliphatic heterocycles. The van der Waals surface area contributed by atoms with Crippen LogP contribution in [0.3, 0.4) is 0 Å². The zero-order chi connectivity index (χ0) is 29.9. The largest absolute Gasteiger partial charge is 0.272 e. The molecule has 0 aromatic heterocycles. The van der Waals surface area contributed by atoms with Crippen LogP contribution >= 0.6 is 0 Å². The zero-order valence-corrected chi connectivity index (χ0v) is 23.7. The first-order chi connectivity index (χ1) is 21.0. The van der Waals surface area contributed by atoms with Crippen LogP contribution in [0.4, 0.5) is 0 Å². The van der Waals surface area contributed by atoms with Crippen molar-refractivity contribution in [2.24, 2.45) is 5.41 Å². The summed E-state index contributed by atoms with van der Waals surface area (Å²) in [7, 11) is 0. The summed E-state index contributed by atoms with van der Waals surface area (Å²) in [5, 5.41) is 24.7. The molecule has 0 radical (unpaired) electrons. The molecule has 43 heavy (non-hydrogen) atoms. The van der Waals surface area contributed by atoms with E-state index in [0.717, 1.165) is 12.8 Å². The van der Waals surface area contributed by atoms with Gasteiger partial charge in [-0.2, -0.15) is 0 Å². The molecule has 2 fully saturated rings. The van der Waals surface area contributed by atoms with Crippen molar-refractivity contribution in [2.45, 2.75) is 36.9 Å². The number of fused-ring (bicyclic) bond motifs is 1. The Kier molecular flexibility index (Phi) is 7.85. The summed E-state index contributed by atoms with van der Waals surface area (Å²) in [6.07, 6.45) is 1.01. The van der Waals surface area contributed by atoms with E-state index in [4.69, 9.17) is 9.78 Å². The topological polar surface area (TPSA) is 99.5 Å². The molecule has 2 heterocycles. The average Bonchev–Trinajstić information content (AvgIpc) is 3.29. The molecule has 2 saturated heterocycles. The van der Waals surface area contributed by atoms with Crippen LogP contribution in [0.5, 0.6) is 0 Å². The molecule has 220 valence electrons. The van der Waals surface area contributed by atoms with E-state index in [2.05, 4.69) is 0 Å². The van der Waals surface area contributed by atoms with E-state index in [9.17, 15) is 20.1 Å². The molecule has 6 rings (SSSR count). The summed E-state index contributed by atoms with van der Waals surface area (Å²) >= 11 is 0. The molecule has 8 nitrogen and oxygen atoms in total. The maximum absolute atomic E-state index is 14.8. The molecule has 0 saturated carbocycles. The third kappa shape index (κ3) is 4.73. The highest BCUT2D eigenvalue weighted by Crippen LogP contribution is 2.54. The van der Waals surface area contributed by atoms with Crippen molar-refractivity contribution in [1.82, 2.24) is 10.0 Å². The van der Waals surface area contributed by atoms with E-state index in [-0.39, 0.29) is 12.8 Å². The summed E-state index contributed by atoms with van der Waals surface area (Å²) in [6.45, 7) is 0.777. The van der Waals surface area contributed by atoms with Crippen molar-refractivity contribution in [1.29, 1.82) is 0 Å². The van der Waals surface area contributed by atoms with Gasteiger partial charge in [-0.25, -0.2) is 9.78 Å². The second kappa shape index (κ2) is 11.7. The van der Waals surface area contributed by atoms with Gasteiger partial charge in [-0.1, -0.05) is 121 Å². The molecule has 2 amide bonds. The van der Waals surface area contributed by atoms with E-state index < -0.39 is 28.4 Å². The number of nitrogens with zero attached hydrogens (tertiary/aromatic N) is 2. The van der Waals surface area contributed by atoms with Gasteiger partial charge in [0.15, 0.2) is 11.2 Å². The average molecular weight is 579 g/mol.